The Morgan fingerprint density at radius 1 is 1.58 bits per heavy atom. The smallest absolute Gasteiger partial charge is 0.311 e. The van der Waals surface area contributed by atoms with Gasteiger partial charge in [-0.15, -0.1) is 11.3 Å². The molecule has 0 saturated heterocycles. The van der Waals surface area contributed by atoms with Crippen LogP contribution >= 0.6 is 11.3 Å². The topological polar surface area (TPSA) is 68.1 Å². The molecule has 0 fully saturated rings. The Bertz CT molecular complexity index is 569. The van der Waals surface area contributed by atoms with Crippen LogP contribution in [0.4, 0.5) is 11.5 Å². The van der Waals surface area contributed by atoms with Crippen LogP contribution in [-0.2, 0) is 0 Å². The Hall–Kier alpha value is -1.95. The van der Waals surface area contributed by atoms with Crippen LogP contribution in [0.1, 0.15) is 29.8 Å². The molecule has 0 saturated carbocycles. The summed E-state index contributed by atoms with van der Waals surface area (Å²) in [6.07, 6.45) is 2.48. The monoisotopic (exact) mass is 277 g/mol. The Balaban J connectivity index is 2.29. The van der Waals surface area contributed by atoms with E-state index in [2.05, 4.69) is 10.3 Å². The minimum absolute atomic E-state index is 0.0232. The lowest BCUT2D eigenvalue weighted by molar-refractivity contribution is -0.384. The number of rotatable bonds is 5. The molecule has 2 rings (SSSR count). The number of anilines is 1. The molecule has 0 amide bonds. The molecule has 0 spiro atoms. The van der Waals surface area contributed by atoms with Gasteiger partial charge in [0.2, 0.25) is 5.82 Å². The number of nitrogens with one attached hydrogen (secondary N) is 1. The summed E-state index contributed by atoms with van der Waals surface area (Å²) in [7, 11) is 0. The number of nitro groups is 1. The standard InChI is InChI=1S/C13H15N3O2S/c1-3-10(12-5-4-6-19-12)15-13-11(16(17)18)7-9(2)8-14-13/h4-8,10H,3H2,1-2H3,(H,14,15). The van der Waals surface area contributed by atoms with Gasteiger partial charge in [-0.25, -0.2) is 4.98 Å². The molecule has 0 radical (unpaired) electrons. The van der Waals surface area contributed by atoms with E-state index in [1.165, 1.54) is 6.07 Å². The molecule has 19 heavy (non-hydrogen) atoms. The van der Waals surface area contributed by atoms with Crippen LogP contribution < -0.4 is 5.32 Å². The Labute approximate surface area is 115 Å². The maximum atomic E-state index is 11.1. The lowest BCUT2D eigenvalue weighted by atomic mass is 10.2. The second kappa shape index (κ2) is 5.79. The molecule has 100 valence electrons. The quantitative estimate of drug-likeness (QED) is 0.664. The summed E-state index contributed by atoms with van der Waals surface area (Å²) in [5, 5.41) is 16.2. The number of nitrogens with zero attached hydrogens (tertiary/aromatic N) is 2. The van der Waals surface area contributed by atoms with Gasteiger partial charge in [0, 0.05) is 17.1 Å². The van der Waals surface area contributed by atoms with Gasteiger partial charge in [0.25, 0.3) is 0 Å². The van der Waals surface area contributed by atoms with Gasteiger partial charge in [-0.05, 0) is 30.4 Å². The lowest BCUT2D eigenvalue weighted by Gasteiger charge is -2.16. The van der Waals surface area contributed by atoms with Crippen LogP contribution in [0.5, 0.6) is 0 Å². The second-order valence-corrected chi connectivity index (χ2v) is 5.24. The molecule has 1 atom stereocenters. The molecular weight excluding hydrogens is 262 g/mol. The van der Waals surface area contributed by atoms with Crippen molar-refractivity contribution in [2.45, 2.75) is 26.3 Å². The molecule has 2 heterocycles. The summed E-state index contributed by atoms with van der Waals surface area (Å²) in [5.74, 6) is 0.329. The molecule has 2 aromatic heterocycles. The molecule has 0 aliphatic heterocycles. The first-order chi connectivity index (χ1) is 9.11. The van der Waals surface area contributed by atoms with Gasteiger partial charge >= 0.3 is 5.69 Å². The molecular formula is C13H15N3O2S. The van der Waals surface area contributed by atoms with E-state index < -0.39 is 4.92 Å². The van der Waals surface area contributed by atoms with Crippen molar-refractivity contribution in [2.24, 2.45) is 0 Å². The first-order valence-electron chi connectivity index (χ1n) is 6.02. The summed E-state index contributed by atoms with van der Waals surface area (Å²) in [6, 6.07) is 5.58. The first kappa shape index (κ1) is 13.5. The van der Waals surface area contributed by atoms with Crippen molar-refractivity contribution in [2.75, 3.05) is 5.32 Å². The molecule has 0 aliphatic rings. The predicted molar refractivity (Wildman–Crippen MR) is 76.6 cm³/mol. The third-order valence-corrected chi connectivity index (χ3v) is 3.79. The predicted octanol–water partition coefficient (Wildman–Crippen LogP) is 3.92. The summed E-state index contributed by atoms with van der Waals surface area (Å²) >= 11 is 1.63. The van der Waals surface area contributed by atoms with Crippen molar-refractivity contribution in [3.63, 3.8) is 0 Å². The van der Waals surface area contributed by atoms with E-state index in [9.17, 15) is 10.1 Å². The van der Waals surface area contributed by atoms with Gasteiger partial charge in [-0.1, -0.05) is 13.0 Å². The third kappa shape index (κ3) is 3.08. The number of hydrogen-bond donors (Lipinski definition) is 1. The van der Waals surface area contributed by atoms with Crippen LogP contribution in [-0.4, -0.2) is 9.91 Å². The average Bonchev–Trinajstić information content (AvgIpc) is 2.90. The largest absolute Gasteiger partial charge is 0.357 e. The SMILES string of the molecule is CCC(Nc1ncc(C)cc1[N+](=O)[O-])c1cccs1. The minimum Gasteiger partial charge on any atom is -0.357 e. The van der Waals surface area contributed by atoms with Gasteiger partial charge in [0.1, 0.15) is 0 Å². The number of hydrogen-bond acceptors (Lipinski definition) is 5. The van der Waals surface area contributed by atoms with Gasteiger partial charge in [-0.3, -0.25) is 10.1 Å². The number of aromatic nitrogens is 1. The van der Waals surface area contributed by atoms with Crippen LogP contribution in [0, 0.1) is 17.0 Å². The zero-order valence-electron chi connectivity index (χ0n) is 10.8. The summed E-state index contributed by atoms with van der Waals surface area (Å²) in [6.45, 7) is 3.83. The van der Waals surface area contributed by atoms with E-state index in [1.807, 2.05) is 24.4 Å². The van der Waals surface area contributed by atoms with E-state index in [0.29, 0.717) is 5.82 Å². The molecule has 0 aliphatic carbocycles. The highest BCUT2D eigenvalue weighted by molar-refractivity contribution is 7.10. The molecule has 1 N–H and O–H groups in total. The van der Waals surface area contributed by atoms with Crippen molar-refractivity contribution < 1.29 is 4.92 Å². The van der Waals surface area contributed by atoms with Crippen LogP contribution in [0.25, 0.3) is 0 Å². The molecule has 5 nitrogen and oxygen atoms in total. The van der Waals surface area contributed by atoms with E-state index in [-0.39, 0.29) is 11.7 Å². The van der Waals surface area contributed by atoms with Gasteiger partial charge < -0.3 is 5.32 Å². The first-order valence-corrected chi connectivity index (χ1v) is 6.90. The average molecular weight is 277 g/mol. The lowest BCUT2D eigenvalue weighted by Crippen LogP contribution is -2.11. The van der Waals surface area contributed by atoms with Crippen molar-refractivity contribution >= 4 is 22.8 Å². The fraction of sp³-hybridized carbons (Fsp3) is 0.308. The number of thiophene rings is 1. The van der Waals surface area contributed by atoms with Gasteiger partial charge in [-0.2, -0.15) is 0 Å². The third-order valence-electron chi connectivity index (χ3n) is 2.81. The minimum atomic E-state index is -0.399. The normalized spacial score (nSPS) is 12.1. The molecule has 0 bridgehead atoms. The van der Waals surface area contributed by atoms with Crippen molar-refractivity contribution in [1.82, 2.24) is 4.98 Å². The number of pyridine rings is 1. The van der Waals surface area contributed by atoms with Crippen molar-refractivity contribution in [1.29, 1.82) is 0 Å². The molecule has 1 unspecified atom stereocenters. The maximum absolute atomic E-state index is 11.1. The van der Waals surface area contributed by atoms with E-state index in [1.54, 1.807) is 24.5 Å². The van der Waals surface area contributed by atoms with Gasteiger partial charge in [0.15, 0.2) is 0 Å². The molecule has 6 heteroatoms. The highest BCUT2D eigenvalue weighted by Gasteiger charge is 2.19. The number of aryl methyl sites for hydroxylation is 1. The highest BCUT2D eigenvalue weighted by atomic mass is 32.1. The zero-order chi connectivity index (χ0) is 13.8. The van der Waals surface area contributed by atoms with E-state index in [4.69, 9.17) is 0 Å². The maximum Gasteiger partial charge on any atom is 0.311 e. The second-order valence-electron chi connectivity index (χ2n) is 4.26. The zero-order valence-corrected chi connectivity index (χ0v) is 11.6. The van der Waals surface area contributed by atoms with Crippen LogP contribution in [0.15, 0.2) is 29.8 Å². The summed E-state index contributed by atoms with van der Waals surface area (Å²) in [4.78, 5) is 16.0. The Kier molecular flexibility index (Phi) is 4.11. The van der Waals surface area contributed by atoms with Crippen LogP contribution in [0.2, 0.25) is 0 Å². The highest BCUT2D eigenvalue weighted by Crippen LogP contribution is 2.30. The fourth-order valence-electron chi connectivity index (χ4n) is 1.83. The van der Waals surface area contributed by atoms with E-state index >= 15 is 0 Å². The fourth-order valence-corrected chi connectivity index (χ4v) is 2.69. The van der Waals surface area contributed by atoms with E-state index in [0.717, 1.165) is 16.9 Å². The Morgan fingerprint density at radius 2 is 2.37 bits per heavy atom. The van der Waals surface area contributed by atoms with Crippen molar-refractivity contribution in [3.05, 3.63) is 50.3 Å². The van der Waals surface area contributed by atoms with Crippen LogP contribution in [0.3, 0.4) is 0 Å². The van der Waals surface area contributed by atoms with Gasteiger partial charge in [0.05, 0.1) is 11.0 Å². The summed E-state index contributed by atoms with van der Waals surface area (Å²) in [5.41, 5.74) is 0.802. The van der Waals surface area contributed by atoms with Crippen molar-refractivity contribution in [3.8, 4) is 0 Å². The molecule has 2 aromatic rings. The Morgan fingerprint density at radius 3 is 2.95 bits per heavy atom. The molecule has 0 aromatic carbocycles. The summed E-state index contributed by atoms with van der Waals surface area (Å²) < 4.78 is 0.